The van der Waals surface area contributed by atoms with E-state index in [2.05, 4.69) is 32.9 Å². The molecule has 12 heavy (non-hydrogen) atoms. The molecule has 0 fully saturated rings. The van der Waals surface area contributed by atoms with Crippen LogP contribution in [0.3, 0.4) is 0 Å². The molecule has 66 valence electrons. The second-order valence-corrected chi connectivity index (χ2v) is 3.38. The number of hydrogen-bond acceptors (Lipinski definition) is 1. The van der Waals surface area contributed by atoms with Crippen molar-refractivity contribution in [2.45, 2.75) is 27.2 Å². The number of rotatable bonds is 1. The van der Waals surface area contributed by atoms with E-state index >= 15 is 0 Å². The predicted octanol–water partition coefficient (Wildman–Crippen LogP) is 2.76. The Balaban J connectivity index is 2.93. The molecular weight excluding hydrogens is 146 g/mol. The summed E-state index contributed by atoms with van der Waals surface area (Å²) in [4.78, 5) is 0. The van der Waals surface area contributed by atoms with Crippen LogP contribution in [0.15, 0.2) is 35.1 Å². The van der Waals surface area contributed by atoms with E-state index in [4.69, 9.17) is 5.73 Å². The summed E-state index contributed by atoms with van der Waals surface area (Å²) < 4.78 is 0. The maximum atomic E-state index is 5.68. The molecule has 0 bridgehead atoms. The highest BCUT2D eigenvalue weighted by Crippen LogP contribution is 2.24. The molecule has 0 saturated heterocycles. The minimum Gasteiger partial charge on any atom is -0.399 e. The van der Waals surface area contributed by atoms with Gasteiger partial charge in [0, 0.05) is 11.6 Å². The van der Waals surface area contributed by atoms with Gasteiger partial charge >= 0.3 is 0 Å². The summed E-state index contributed by atoms with van der Waals surface area (Å²) in [6.07, 6.45) is 7.35. The summed E-state index contributed by atoms with van der Waals surface area (Å²) in [7, 11) is 0. The molecule has 2 N–H and O–H groups in total. The fourth-order valence-electron chi connectivity index (χ4n) is 1.51. The lowest BCUT2D eigenvalue weighted by molar-refractivity contribution is 0.839. The summed E-state index contributed by atoms with van der Waals surface area (Å²) >= 11 is 0. The molecule has 1 atom stereocenters. The molecule has 0 heterocycles. The van der Waals surface area contributed by atoms with Gasteiger partial charge in [0.15, 0.2) is 0 Å². The normalized spacial score (nSPS) is 26.9. The lowest BCUT2D eigenvalue weighted by atomic mass is 9.90. The molecule has 0 spiro atoms. The number of nitrogens with two attached hydrogens (primary N) is 1. The predicted molar refractivity (Wildman–Crippen MR) is 53.6 cm³/mol. The first-order valence-electron chi connectivity index (χ1n) is 4.50. The molecule has 1 aliphatic rings. The molecule has 1 heteroatoms. The van der Waals surface area contributed by atoms with E-state index in [-0.39, 0.29) is 0 Å². The van der Waals surface area contributed by atoms with Crippen molar-refractivity contribution in [2.24, 2.45) is 11.7 Å². The first-order chi connectivity index (χ1) is 5.65. The Labute approximate surface area is 74.7 Å². The van der Waals surface area contributed by atoms with Gasteiger partial charge in [-0.3, -0.25) is 0 Å². The zero-order valence-electron chi connectivity index (χ0n) is 8.09. The molecule has 0 aromatic rings. The summed E-state index contributed by atoms with van der Waals surface area (Å²) in [5.41, 5.74) is 9.45. The largest absolute Gasteiger partial charge is 0.399 e. The molecule has 0 aromatic heterocycles. The second-order valence-electron chi connectivity index (χ2n) is 3.38. The number of hydrogen-bond donors (Lipinski definition) is 1. The van der Waals surface area contributed by atoms with E-state index in [1.807, 2.05) is 6.08 Å². The zero-order valence-corrected chi connectivity index (χ0v) is 8.09. The lowest BCUT2D eigenvalue weighted by Gasteiger charge is -2.16. The van der Waals surface area contributed by atoms with Crippen LogP contribution in [0.1, 0.15) is 27.2 Å². The Kier molecular flexibility index (Phi) is 2.74. The third-order valence-corrected chi connectivity index (χ3v) is 2.41. The average Bonchev–Trinajstić information content (AvgIpc) is 2.03. The number of allylic oxidation sites excluding steroid dienone is 5. The van der Waals surface area contributed by atoms with E-state index < -0.39 is 0 Å². The molecule has 0 aliphatic heterocycles. The van der Waals surface area contributed by atoms with Crippen molar-refractivity contribution in [1.82, 2.24) is 0 Å². The van der Waals surface area contributed by atoms with Gasteiger partial charge in [0.2, 0.25) is 0 Å². The summed E-state index contributed by atoms with van der Waals surface area (Å²) in [6.45, 7) is 6.56. The molecule has 0 amide bonds. The van der Waals surface area contributed by atoms with Crippen LogP contribution in [0.25, 0.3) is 0 Å². The van der Waals surface area contributed by atoms with Crippen LogP contribution >= 0.6 is 0 Å². The van der Waals surface area contributed by atoms with Crippen molar-refractivity contribution in [3.63, 3.8) is 0 Å². The highest BCUT2D eigenvalue weighted by molar-refractivity contribution is 5.38. The smallest absolute Gasteiger partial charge is 0.0279 e. The molecule has 1 nitrogen and oxygen atoms in total. The molecular formula is C11H17N. The Hall–Kier alpha value is -0.980. The molecule has 1 aliphatic carbocycles. The van der Waals surface area contributed by atoms with Crippen molar-refractivity contribution >= 4 is 0 Å². The highest BCUT2D eigenvalue weighted by atomic mass is 14.6. The minimum absolute atomic E-state index is 0.481. The Morgan fingerprint density at radius 2 is 2.17 bits per heavy atom. The second kappa shape index (κ2) is 3.61. The van der Waals surface area contributed by atoms with Gasteiger partial charge in [-0.1, -0.05) is 31.6 Å². The first-order valence-corrected chi connectivity index (χ1v) is 4.50. The quantitative estimate of drug-likeness (QED) is 0.632. The molecule has 0 aromatic carbocycles. The maximum Gasteiger partial charge on any atom is 0.0279 e. The molecule has 1 rings (SSSR count). The van der Waals surface area contributed by atoms with E-state index in [9.17, 15) is 0 Å². The van der Waals surface area contributed by atoms with Gasteiger partial charge in [-0.05, 0) is 25.0 Å². The maximum absolute atomic E-state index is 5.68. The SMILES string of the molecule is CC/C(C)=C1\C=CC(N)=CC1C. The summed E-state index contributed by atoms with van der Waals surface area (Å²) in [5.74, 6) is 0.481. The standard InChI is InChI=1S/C11H17N/c1-4-8(2)11-6-5-10(12)7-9(11)3/h5-7,9H,4,12H2,1-3H3/b11-8+. The fourth-order valence-corrected chi connectivity index (χ4v) is 1.51. The van der Waals surface area contributed by atoms with Gasteiger partial charge in [-0.2, -0.15) is 0 Å². The lowest BCUT2D eigenvalue weighted by Crippen LogP contribution is -2.06. The molecule has 1 unspecified atom stereocenters. The van der Waals surface area contributed by atoms with Crippen molar-refractivity contribution in [1.29, 1.82) is 0 Å². The zero-order chi connectivity index (χ0) is 9.14. The average molecular weight is 163 g/mol. The van der Waals surface area contributed by atoms with E-state index in [1.165, 1.54) is 11.1 Å². The van der Waals surface area contributed by atoms with Crippen molar-refractivity contribution in [3.05, 3.63) is 35.1 Å². The third kappa shape index (κ3) is 1.79. The fraction of sp³-hybridized carbons (Fsp3) is 0.455. The van der Waals surface area contributed by atoms with E-state index in [0.717, 1.165) is 12.1 Å². The van der Waals surface area contributed by atoms with Gasteiger partial charge in [0.05, 0.1) is 0 Å². The summed E-state index contributed by atoms with van der Waals surface area (Å²) in [6, 6.07) is 0. The van der Waals surface area contributed by atoms with Crippen molar-refractivity contribution in [2.75, 3.05) is 0 Å². The van der Waals surface area contributed by atoms with Crippen LogP contribution in [-0.2, 0) is 0 Å². The van der Waals surface area contributed by atoms with Crippen LogP contribution in [0, 0.1) is 5.92 Å². The van der Waals surface area contributed by atoms with Crippen molar-refractivity contribution < 1.29 is 0 Å². The van der Waals surface area contributed by atoms with Crippen LogP contribution in [0.2, 0.25) is 0 Å². The molecule has 0 saturated carbocycles. The first kappa shape index (κ1) is 9.11. The Bertz CT molecular complexity index is 256. The van der Waals surface area contributed by atoms with E-state index in [1.54, 1.807) is 0 Å². The summed E-state index contributed by atoms with van der Waals surface area (Å²) in [5, 5.41) is 0. The third-order valence-electron chi connectivity index (χ3n) is 2.41. The van der Waals surface area contributed by atoms with Gasteiger partial charge < -0.3 is 5.73 Å². The van der Waals surface area contributed by atoms with Crippen LogP contribution in [0.5, 0.6) is 0 Å². The van der Waals surface area contributed by atoms with Gasteiger partial charge in [-0.15, -0.1) is 0 Å². The van der Waals surface area contributed by atoms with Gasteiger partial charge in [-0.25, -0.2) is 0 Å². The highest BCUT2D eigenvalue weighted by Gasteiger charge is 2.09. The van der Waals surface area contributed by atoms with Crippen LogP contribution in [-0.4, -0.2) is 0 Å². The molecule has 0 radical (unpaired) electrons. The Morgan fingerprint density at radius 3 is 2.67 bits per heavy atom. The van der Waals surface area contributed by atoms with Crippen LogP contribution < -0.4 is 5.73 Å². The van der Waals surface area contributed by atoms with Crippen LogP contribution in [0.4, 0.5) is 0 Å². The Morgan fingerprint density at radius 1 is 1.50 bits per heavy atom. The minimum atomic E-state index is 0.481. The monoisotopic (exact) mass is 163 g/mol. The topological polar surface area (TPSA) is 26.0 Å². The van der Waals surface area contributed by atoms with Gasteiger partial charge in [0.25, 0.3) is 0 Å². The van der Waals surface area contributed by atoms with E-state index in [0.29, 0.717) is 5.92 Å². The van der Waals surface area contributed by atoms with Crippen molar-refractivity contribution in [3.8, 4) is 0 Å². The van der Waals surface area contributed by atoms with Gasteiger partial charge in [0.1, 0.15) is 0 Å².